The van der Waals surface area contributed by atoms with Gasteiger partial charge in [0.05, 0.1) is 16.9 Å². The first-order valence-electron chi connectivity index (χ1n) is 15.9. The minimum atomic E-state index is -0.923. The van der Waals surface area contributed by atoms with Crippen LogP contribution in [-0.2, 0) is 6.42 Å². The molecule has 1 aromatic heterocycles. The summed E-state index contributed by atoms with van der Waals surface area (Å²) in [6.45, 7) is 0. The molecule has 1 unspecified atom stereocenters. The highest BCUT2D eigenvalue weighted by Crippen LogP contribution is 2.65. The van der Waals surface area contributed by atoms with E-state index in [2.05, 4.69) is 184 Å². The highest BCUT2D eigenvalue weighted by Gasteiger charge is 2.39. The number of hydrogen-bond acceptors (Lipinski definition) is 2. The second kappa shape index (κ2) is 11.2. The summed E-state index contributed by atoms with van der Waals surface area (Å²) >= 11 is 0. The number of benzene rings is 6. The first kappa shape index (κ1) is 27.0. The lowest BCUT2D eigenvalue weighted by Gasteiger charge is -2.32. The van der Waals surface area contributed by atoms with E-state index in [1.807, 2.05) is 0 Å². The molecule has 0 amide bonds. The van der Waals surface area contributed by atoms with E-state index >= 15 is 0 Å². The zero-order chi connectivity index (χ0) is 30.5. The van der Waals surface area contributed by atoms with Gasteiger partial charge in [0.2, 0.25) is 0 Å². The summed E-state index contributed by atoms with van der Waals surface area (Å²) in [5.74, 6) is 0. The monoisotopic (exact) mass is 609 g/mol. The molecule has 3 nitrogen and oxygen atoms in total. The molecule has 0 radical (unpaired) electrons. The van der Waals surface area contributed by atoms with Crippen molar-refractivity contribution in [1.82, 2.24) is 4.57 Å². The third-order valence-corrected chi connectivity index (χ3v) is 11.5. The van der Waals surface area contributed by atoms with Gasteiger partial charge in [0.25, 0.3) is 0 Å². The summed E-state index contributed by atoms with van der Waals surface area (Å²) in [4.78, 5) is 0. The van der Waals surface area contributed by atoms with Crippen LogP contribution in [0.25, 0.3) is 33.8 Å². The SMILES string of the molecule is C1=Cc2c(c3ccccc3n2-c2ccc(-c3ccc4c(c3)N(c3ccccc3)P(c3ccccc3)N4c3ccccc3)cc2)CC1. The maximum atomic E-state index is 2.55. The lowest BCUT2D eigenvalue weighted by Crippen LogP contribution is -2.21. The number of rotatable bonds is 5. The van der Waals surface area contributed by atoms with Crippen molar-refractivity contribution in [3.05, 3.63) is 175 Å². The maximum Gasteiger partial charge on any atom is 0.138 e. The zero-order valence-electron chi connectivity index (χ0n) is 25.4. The summed E-state index contributed by atoms with van der Waals surface area (Å²) in [6.07, 6.45) is 6.80. The summed E-state index contributed by atoms with van der Waals surface area (Å²) < 4.78 is 7.51. The largest absolute Gasteiger partial charge is 0.310 e. The van der Waals surface area contributed by atoms with Gasteiger partial charge >= 0.3 is 0 Å². The van der Waals surface area contributed by atoms with Crippen LogP contribution in [-0.4, -0.2) is 4.57 Å². The Balaban J connectivity index is 1.17. The molecule has 9 rings (SSSR count). The topological polar surface area (TPSA) is 11.4 Å². The molecule has 0 saturated carbocycles. The first-order valence-corrected chi connectivity index (χ1v) is 17.2. The molecule has 220 valence electrons. The molecule has 0 bridgehead atoms. The van der Waals surface area contributed by atoms with E-state index in [1.54, 1.807) is 0 Å². The fraction of sp³-hybridized carbons (Fsp3) is 0.0476. The summed E-state index contributed by atoms with van der Waals surface area (Å²) in [5, 5.41) is 2.67. The Kier molecular flexibility index (Phi) is 6.58. The van der Waals surface area contributed by atoms with Crippen LogP contribution in [0.5, 0.6) is 0 Å². The second-order valence-electron chi connectivity index (χ2n) is 11.8. The van der Waals surface area contributed by atoms with Crippen molar-refractivity contribution in [1.29, 1.82) is 0 Å². The van der Waals surface area contributed by atoms with Crippen LogP contribution in [0.3, 0.4) is 0 Å². The normalized spacial score (nSPS) is 15.3. The predicted octanol–water partition coefficient (Wildman–Crippen LogP) is 11.2. The van der Waals surface area contributed by atoms with Gasteiger partial charge in [0, 0.05) is 33.4 Å². The van der Waals surface area contributed by atoms with E-state index < -0.39 is 8.22 Å². The van der Waals surface area contributed by atoms with Crippen molar-refractivity contribution in [2.75, 3.05) is 9.34 Å². The smallest absolute Gasteiger partial charge is 0.138 e. The number of fused-ring (bicyclic) bond motifs is 4. The number of hydrogen-bond donors (Lipinski definition) is 0. The van der Waals surface area contributed by atoms with E-state index in [-0.39, 0.29) is 0 Å². The first-order chi connectivity index (χ1) is 22.8. The van der Waals surface area contributed by atoms with Crippen LogP contribution in [0.4, 0.5) is 22.7 Å². The number of para-hydroxylation sites is 3. The van der Waals surface area contributed by atoms with Gasteiger partial charge in [-0.05, 0) is 90.2 Å². The Hall–Kier alpha value is -5.37. The number of anilines is 4. The van der Waals surface area contributed by atoms with Crippen LogP contribution in [0, 0.1) is 0 Å². The van der Waals surface area contributed by atoms with Gasteiger partial charge < -0.3 is 4.57 Å². The molecule has 1 atom stereocenters. The Labute approximate surface area is 271 Å². The van der Waals surface area contributed by atoms with Crippen molar-refractivity contribution >= 4 is 53.3 Å². The Morgan fingerprint density at radius 2 is 1.11 bits per heavy atom. The second-order valence-corrected chi connectivity index (χ2v) is 13.7. The van der Waals surface area contributed by atoms with Crippen LogP contribution in [0.2, 0.25) is 0 Å². The van der Waals surface area contributed by atoms with Crippen LogP contribution >= 0.6 is 8.22 Å². The van der Waals surface area contributed by atoms with E-state index in [1.165, 1.54) is 67.0 Å². The van der Waals surface area contributed by atoms with E-state index in [4.69, 9.17) is 0 Å². The van der Waals surface area contributed by atoms with Crippen molar-refractivity contribution in [3.63, 3.8) is 0 Å². The van der Waals surface area contributed by atoms with E-state index in [9.17, 15) is 0 Å². The molecule has 0 N–H and O–H groups in total. The zero-order valence-corrected chi connectivity index (χ0v) is 26.3. The summed E-state index contributed by atoms with van der Waals surface area (Å²) in [7, 11) is -0.923. The van der Waals surface area contributed by atoms with Crippen LogP contribution < -0.4 is 14.6 Å². The molecular weight excluding hydrogens is 577 g/mol. The van der Waals surface area contributed by atoms with E-state index in [0.717, 1.165) is 12.8 Å². The quantitative estimate of drug-likeness (QED) is 0.180. The third-order valence-electron chi connectivity index (χ3n) is 9.12. The van der Waals surface area contributed by atoms with Gasteiger partial charge in [-0.25, -0.2) is 0 Å². The molecule has 7 aromatic rings. The van der Waals surface area contributed by atoms with Crippen molar-refractivity contribution in [2.24, 2.45) is 0 Å². The van der Waals surface area contributed by atoms with Gasteiger partial charge in [-0.3, -0.25) is 9.34 Å². The summed E-state index contributed by atoms with van der Waals surface area (Å²) in [5.41, 5.74) is 12.5. The van der Waals surface area contributed by atoms with Gasteiger partial charge in [0.15, 0.2) is 0 Å². The van der Waals surface area contributed by atoms with Gasteiger partial charge in [-0.1, -0.05) is 109 Å². The number of allylic oxidation sites excluding steroid dienone is 1. The molecule has 0 spiro atoms. The van der Waals surface area contributed by atoms with Crippen molar-refractivity contribution in [3.8, 4) is 16.8 Å². The molecule has 0 fully saturated rings. The molecule has 4 heteroatoms. The third kappa shape index (κ3) is 4.39. The molecule has 6 aromatic carbocycles. The van der Waals surface area contributed by atoms with Gasteiger partial charge in [0.1, 0.15) is 8.22 Å². The molecule has 2 aliphatic rings. The van der Waals surface area contributed by atoms with E-state index in [0.29, 0.717) is 0 Å². The lowest BCUT2D eigenvalue weighted by molar-refractivity contribution is 0.967. The fourth-order valence-corrected chi connectivity index (χ4v) is 9.56. The predicted molar refractivity (Wildman–Crippen MR) is 196 cm³/mol. The Bertz CT molecular complexity index is 2200. The summed E-state index contributed by atoms with van der Waals surface area (Å²) in [6, 6.07) is 57.5. The minimum Gasteiger partial charge on any atom is -0.310 e. The maximum absolute atomic E-state index is 2.55. The highest BCUT2D eigenvalue weighted by molar-refractivity contribution is 7.70. The Morgan fingerprint density at radius 1 is 0.500 bits per heavy atom. The molecule has 46 heavy (non-hydrogen) atoms. The molecule has 0 saturated heterocycles. The average molecular weight is 610 g/mol. The molecule has 1 aliphatic carbocycles. The number of aryl methyl sites for hydroxylation is 1. The minimum absolute atomic E-state index is 0.923. The van der Waals surface area contributed by atoms with Crippen molar-refractivity contribution < 1.29 is 0 Å². The van der Waals surface area contributed by atoms with Gasteiger partial charge in [-0.15, -0.1) is 0 Å². The molecule has 1 aliphatic heterocycles. The van der Waals surface area contributed by atoms with Gasteiger partial charge in [-0.2, -0.15) is 0 Å². The molecular formula is C42H32N3P. The Morgan fingerprint density at radius 3 is 1.83 bits per heavy atom. The average Bonchev–Trinajstić information content (AvgIpc) is 3.66. The lowest BCUT2D eigenvalue weighted by atomic mass is 10.0. The number of aromatic nitrogens is 1. The van der Waals surface area contributed by atoms with Crippen LogP contribution in [0.15, 0.2) is 164 Å². The van der Waals surface area contributed by atoms with Crippen LogP contribution in [0.1, 0.15) is 17.7 Å². The van der Waals surface area contributed by atoms with Crippen molar-refractivity contribution in [2.45, 2.75) is 12.8 Å². The molecule has 2 heterocycles. The standard InChI is InChI=1S/C42H32N3P/c1-4-14-34(15-5-1)44-41-29-26-32(30-42(41)45(35-16-6-2-7-17-35)46(44)36-18-8-3-9-19-36)31-24-27-33(28-25-31)43-39-22-12-10-20-37(39)38-21-11-13-23-40(38)43/h1-10,12-20,22-30H,11,21H2. The fourth-order valence-electron chi connectivity index (χ4n) is 7.04. The highest BCUT2D eigenvalue weighted by atomic mass is 31.1. The number of nitrogens with zero attached hydrogens (tertiary/aromatic N) is 3.